The van der Waals surface area contributed by atoms with E-state index in [1.807, 2.05) is 21.1 Å². The first-order valence-corrected chi connectivity index (χ1v) is 24.9. The number of phosphoric ester groups is 1. The maximum Gasteiger partial charge on any atom is 0.308 e. The number of methoxy groups -OCH3 is 1. The zero-order chi connectivity index (χ0) is 47.0. The van der Waals surface area contributed by atoms with Crippen LogP contribution in [0.15, 0.2) is 42.5 Å². The number of fused-ring (bicyclic) bond motifs is 1. The Kier molecular flexibility index (Phi) is 24.7. The monoisotopic (exact) mass is 933 g/mol. The standard InChI is InChI=1S/C48H73ClN3O11P/c1-7-8-9-10-11-12-13-14-15-16-17-18-19-20-21-22-46(54)60-35-41(36-62-64(57,58)61-32-31-52(3,4)5)63-47(55)29-30-50-45(53)34-42-37(2)51(44-28-27-40(59-6)33-43(42)44)48(56)38-23-25-39(49)26-24-38/h23-28,33,41H,7-22,29-32,34-36H2,1-6H3,(H-,50,53,57,58)/t41-/m1/s1. The summed E-state index contributed by atoms with van der Waals surface area (Å²) in [7, 11) is 2.40. The van der Waals surface area contributed by atoms with Crippen LogP contribution in [0.5, 0.6) is 5.75 Å². The van der Waals surface area contributed by atoms with Crippen molar-refractivity contribution in [2.24, 2.45) is 0 Å². The van der Waals surface area contributed by atoms with Gasteiger partial charge < -0.3 is 38.0 Å². The lowest BCUT2D eigenvalue weighted by Gasteiger charge is -2.28. The highest BCUT2D eigenvalue weighted by Gasteiger charge is 2.24. The first kappa shape index (κ1) is 54.6. The Morgan fingerprint density at radius 2 is 1.39 bits per heavy atom. The van der Waals surface area contributed by atoms with Crippen LogP contribution in [0.4, 0.5) is 0 Å². The molecule has 0 spiro atoms. The van der Waals surface area contributed by atoms with Crippen molar-refractivity contribution >= 4 is 54.1 Å². The van der Waals surface area contributed by atoms with Crippen LogP contribution in [0.25, 0.3) is 10.9 Å². The van der Waals surface area contributed by atoms with Gasteiger partial charge in [-0.25, -0.2) is 0 Å². The lowest BCUT2D eigenvalue weighted by atomic mass is 10.0. The fourth-order valence-electron chi connectivity index (χ4n) is 7.22. The number of hydrogen-bond acceptors (Lipinski definition) is 11. The number of likely N-dealkylation sites (N-methyl/N-ethyl adjacent to an activating group) is 1. The van der Waals surface area contributed by atoms with Gasteiger partial charge in [-0.15, -0.1) is 0 Å². The second kappa shape index (κ2) is 29.0. The van der Waals surface area contributed by atoms with Crippen LogP contribution in [0, 0.1) is 6.92 Å². The van der Waals surface area contributed by atoms with Crippen LogP contribution >= 0.6 is 19.4 Å². The molecule has 0 saturated carbocycles. The van der Waals surface area contributed by atoms with Crippen LogP contribution in [-0.2, 0) is 43.9 Å². The minimum atomic E-state index is -4.77. The lowest BCUT2D eigenvalue weighted by molar-refractivity contribution is -0.870. The molecule has 3 rings (SSSR count). The van der Waals surface area contributed by atoms with Gasteiger partial charge in [0.25, 0.3) is 13.7 Å². The molecule has 1 aromatic heterocycles. The summed E-state index contributed by atoms with van der Waals surface area (Å²) in [5.74, 6) is -1.42. The molecule has 3 aromatic rings. The summed E-state index contributed by atoms with van der Waals surface area (Å²) in [5, 5.41) is 3.87. The summed E-state index contributed by atoms with van der Waals surface area (Å²) in [6.07, 6.45) is 16.6. The molecule has 1 unspecified atom stereocenters. The molecule has 358 valence electrons. The van der Waals surface area contributed by atoms with E-state index in [1.54, 1.807) is 54.0 Å². The van der Waals surface area contributed by atoms with E-state index < -0.39 is 45.0 Å². The number of benzene rings is 2. The number of nitrogens with zero attached hydrogens (tertiary/aromatic N) is 2. The normalized spacial score (nSPS) is 13.1. The third-order valence-electron chi connectivity index (χ3n) is 11.0. The third kappa shape index (κ3) is 21.0. The quantitative estimate of drug-likeness (QED) is 0.0267. The zero-order valence-corrected chi connectivity index (χ0v) is 40.7. The molecule has 1 N–H and O–H groups in total. The second-order valence-electron chi connectivity index (χ2n) is 17.5. The van der Waals surface area contributed by atoms with Gasteiger partial charge in [0.1, 0.15) is 25.5 Å². The molecule has 0 aliphatic heterocycles. The number of phosphoric acid groups is 1. The summed E-state index contributed by atoms with van der Waals surface area (Å²) >= 11 is 6.05. The highest BCUT2D eigenvalue weighted by Crippen LogP contribution is 2.38. The number of esters is 2. The predicted octanol–water partition coefficient (Wildman–Crippen LogP) is 9.27. The number of hydrogen-bond donors (Lipinski definition) is 1. The van der Waals surface area contributed by atoms with E-state index in [-0.39, 0.29) is 38.3 Å². The minimum absolute atomic E-state index is 0.107. The van der Waals surface area contributed by atoms with Gasteiger partial charge >= 0.3 is 11.9 Å². The van der Waals surface area contributed by atoms with E-state index in [1.165, 1.54) is 77.7 Å². The highest BCUT2D eigenvalue weighted by atomic mass is 35.5. The number of quaternary nitrogens is 1. The number of carbonyl (C=O) groups excluding carboxylic acids is 4. The molecule has 1 heterocycles. The number of aromatic nitrogens is 1. The Bertz CT molecular complexity index is 1950. The van der Waals surface area contributed by atoms with Gasteiger partial charge in [0, 0.05) is 34.6 Å². The highest BCUT2D eigenvalue weighted by molar-refractivity contribution is 7.45. The van der Waals surface area contributed by atoms with E-state index >= 15 is 0 Å². The van der Waals surface area contributed by atoms with E-state index in [9.17, 15) is 28.6 Å². The summed E-state index contributed by atoms with van der Waals surface area (Å²) in [5.41, 5.74) is 2.17. The van der Waals surface area contributed by atoms with Crippen molar-refractivity contribution in [1.29, 1.82) is 0 Å². The van der Waals surface area contributed by atoms with Crippen LogP contribution in [0.1, 0.15) is 138 Å². The van der Waals surface area contributed by atoms with Crippen molar-refractivity contribution in [3.8, 4) is 5.75 Å². The molecular formula is C48H73ClN3O11P. The second-order valence-corrected chi connectivity index (χ2v) is 19.3. The molecule has 0 aliphatic carbocycles. The van der Waals surface area contributed by atoms with Crippen molar-refractivity contribution in [2.75, 3.05) is 61.2 Å². The summed E-state index contributed by atoms with van der Waals surface area (Å²) in [4.78, 5) is 65.1. The molecule has 1 amide bonds. The van der Waals surface area contributed by atoms with Crippen LogP contribution in [0.3, 0.4) is 0 Å². The van der Waals surface area contributed by atoms with Gasteiger partial charge in [-0.1, -0.05) is 108 Å². The fourth-order valence-corrected chi connectivity index (χ4v) is 8.08. The molecular weight excluding hydrogens is 861 g/mol. The first-order valence-electron chi connectivity index (χ1n) is 23.0. The molecule has 0 fully saturated rings. The maximum absolute atomic E-state index is 13.7. The average Bonchev–Trinajstić information content (AvgIpc) is 3.51. The number of ether oxygens (including phenoxy) is 3. The SMILES string of the molecule is CCCCCCCCCCCCCCCCCC(=O)OC[C@H](COP(=O)([O-])OCC[N+](C)(C)C)OC(=O)CCNC(=O)Cc1c(C)n(C(=O)c2ccc(Cl)cc2)c2ccc(OC)cc12. The first-order chi connectivity index (χ1) is 30.5. The van der Waals surface area contributed by atoms with Gasteiger partial charge in [0.05, 0.1) is 53.2 Å². The van der Waals surface area contributed by atoms with Crippen molar-refractivity contribution in [3.63, 3.8) is 0 Å². The molecule has 64 heavy (non-hydrogen) atoms. The van der Waals surface area contributed by atoms with Gasteiger partial charge in [-0.2, -0.15) is 0 Å². The Balaban J connectivity index is 1.49. The summed E-state index contributed by atoms with van der Waals surface area (Å²) < 4.78 is 40.9. The van der Waals surface area contributed by atoms with Gasteiger partial charge in [0.15, 0.2) is 6.10 Å². The van der Waals surface area contributed by atoms with Gasteiger partial charge in [-0.3, -0.25) is 28.3 Å². The topological polar surface area (TPSA) is 172 Å². The maximum atomic E-state index is 13.7. The van der Waals surface area contributed by atoms with Crippen molar-refractivity contribution < 1.29 is 56.4 Å². The lowest BCUT2D eigenvalue weighted by Crippen LogP contribution is -2.37. The zero-order valence-electron chi connectivity index (χ0n) is 39.1. The number of rotatable bonds is 33. The van der Waals surface area contributed by atoms with Crippen molar-refractivity contribution in [3.05, 3.63) is 64.3 Å². The average molecular weight is 935 g/mol. The fraction of sp³-hybridized carbons (Fsp3) is 0.625. The van der Waals surface area contributed by atoms with E-state index in [2.05, 4.69) is 12.2 Å². The third-order valence-corrected chi connectivity index (χ3v) is 12.2. The Morgan fingerprint density at radius 1 is 0.797 bits per heavy atom. The summed E-state index contributed by atoms with van der Waals surface area (Å²) in [6.45, 7) is 3.12. The van der Waals surface area contributed by atoms with Gasteiger partial charge in [0.2, 0.25) is 5.91 Å². The van der Waals surface area contributed by atoms with Crippen LogP contribution in [0.2, 0.25) is 5.02 Å². The number of unbranched alkanes of at least 4 members (excludes halogenated alkanes) is 14. The van der Waals surface area contributed by atoms with E-state index in [4.69, 9.17) is 34.9 Å². The smallest absolute Gasteiger partial charge is 0.308 e. The van der Waals surface area contributed by atoms with E-state index in [0.29, 0.717) is 55.9 Å². The molecule has 2 aromatic carbocycles. The minimum Gasteiger partial charge on any atom is -0.756 e. The molecule has 0 radical (unpaired) electrons. The Morgan fingerprint density at radius 3 is 1.97 bits per heavy atom. The van der Waals surface area contributed by atoms with Gasteiger partial charge in [-0.05, 0) is 61.4 Å². The van der Waals surface area contributed by atoms with Crippen molar-refractivity contribution in [1.82, 2.24) is 9.88 Å². The number of carbonyl (C=O) groups is 4. The van der Waals surface area contributed by atoms with Crippen LogP contribution < -0.4 is 14.9 Å². The molecule has 0 aliphatic rings. The Hall–Kier alpha value is -3.78. The van der Waals surface area contributed by atoms with E-state index in [0.717, 1.165) is 19.3 Å². The Labute approximate surface area is 385 Å². The largest absolute Gasteiger partial charge is 0.756 e. The molecule has 2 atom stereocenters. The van der Waals surface area contributed by atoms with Crippen molar-refractivity contribution in [2.45, 2.75) is 136 Å². The summed E-state index contributed by atoms with van der Waals surface area (Å²) in [6, 6.07) is 11.8. The number of nitrogens with one attached hydrogen (secondary N) is 1. The number of halogens is 1. The molecule has 14 nitrogen and oxygen atoms in total. The molecule has 16 heteroatoms. The van der Waals surface area contributed by atoms with Crippen LogP contribution in [-0.4, -0.2) is 100 Å². The molecule has 0 bridgehead atoms. The molecule has 0 saturated heterocycles. The number of amides is 1. The predicted molar refractivity (Wildman–Crippen MR) is 249 cm³/mol.